The molecule has 3 heterocycles. The molecule has 3 aromatic heterocycles. The largest absolute Gasteiger partial charge is 0.486 e. The highest BCUT2D eigenvalue weighted by Crippen LogP contribution is 2.22. The Labute approximate surface area is 231 Å². The molecule has 7 nitrogen and oxygen atoms in total. The molecule has 7 heteroatoms. The molecule has 0 spiro atoms. The highest BCUT2D eigenvalue weighted by Gasteiger charge is 2.12. The molecule has 198 valence electrons. The average molecular weight is 529 g/mol. The van der Waals surface area contributed by atoms with Gasteiger partial charge in [-0.05, 0) is 97.4 Å². The number of hydrogen-bond acceptors (Lipinski definition) is 4. The molecule has 0 radical (unpaired) electrons. The summed E-state index contributed by atoms with van der Waals surface area (Å²) in [5.74, 6) is 0.982. The van der Waals surface area contributed by atoms with E-state index in [1.165, 1.54) is 16.8 Å². The normalized spacial score (nSPS) is 11.3. The number of nitrogens with one attached hydrogen (secondary N) is 1. The molecular formula is C33H28N4O3. The summed E-state index contributed by atoms with van der Waals surface area (Å²) >= 11 is 0. The second-order valence-electron chi connectivity index (χ2n) is 9.53. The van der Waals surface area contributed by atoms with Gasteiger partial charge in [-0.15, -0.1) is 0 Å². The zero-order chi connectivity index (χ0) is 27.5. The fourth-order valence-electron chi connectivity index (χ4n) is 4.77. The summed E-state index contributed by atoms with van der Waals surface area (Å²) in [6, 6.07) is 33.8. The maximum Gasteiger partial charge on any atom is 0.307 e. The van der Waals surface area contributed by atoms with Crippen molar-refractivity contribution in [3.8, 4) is 17.1 Å². The molecule has 0 saturated carbocycles. The Morgan fingerprint density at radius 1 is 0.850 bits per heavy atom. The Balaban J connectivity index is 1.05. The van der Waals surface area contributed by atoms with Crippen LogP contribution in [-0.4, -0.2) is 21.3 Å². The minimum absolute atomic E-state index is 0.162. The lowest BCUT2D eigenvalue weighted by atomic mass is 10.1. The number of aryl methyl sites for hydroxylation is 2. The number of amides is 1. The van der Waals surface area contributed by atoms with E-state index in [1.54, 1.807) is 18.3 Å². The number of hydrogen-bond donors (Lipinski definition) is 1. The van der Waals surface area contributed by atoms with Crippen molar-refractivity contribution in [3.63, 3.8) is 0 Å². The maximum absolute atomic E-state index is 12.6. The van der Waals surface area contributed by atoms with Gasteiger partial charge in [-0.25, -0.2) is 5.43 Å². The highest BCUT2D eigenvalue weighted by molar-refractivity contribution is 5.92. The van der Waals surface area contributed by atoms with Crippen LogP contribution in [0.25, 0.3) is 22.1 Å². The first kappa shape index (κ1) is 25.0. The Morgan fingerprint density at radius 3 is 2.40 bits per heavy atom. The van der Waals surface area contributed by atoms with Crippen LogP contribution in [0.2, 0.25) is 0 Å². The third-order valence-electron chi connectivity index (χ3n) is 6.79. The van der Waals surface area contributed by atoms with Gasteiger partial charge in [0.15, 0.2) is 5.76 Å². The summed E-state index contributed by atoms with van der Waals surface area (Å²) in [6.07, 6.45) is 3.57. The Hall–Kier alpha value is -5.30. The fraction of sp³-hybridized carbons (Fsp3) is 0.0909. The number of rotatable bonds is 8. The first-order valence-corrected chi connectivity index (χ1v) is 13.0. The molecule has 0 aliphatic rings. The Morgan fingerprint density at radius 2 is 1.60 bits per heavy atom. The van der Waals surface area contributed by atoms with E-state index in [0.717, 1.165) is 22.5 Å². The molecule has 0 saturated heterocycles. The van der Waals surface area contributed by atoms with Gasteiger partial charge in [0.2, 0.25) is 0 Å². The van der Waals surface area contributed by atoms with Crippen LogP contribution in [0.5, 0.6) is 5.75 Å². The summed E-state index contributed by atoms with van der Waals surface area (Å²) in [5, 5.41) is 6.48. The molecule has 0 aliphatic carbocycles. The molecule has 0 fully saturated rings. The molecule has 0 bridgehead atoms. The van der Waals surface area contributed by atoms with Gasteiger partial charge in [0.1, 0.15) is 18.1 Å². The van der Waals surface area contributed by atoms with E-state index >= 15 is 0 Å². The number of aromatic nitrogens is 2. The highest BCUT2D eigenvalue weighted by atomic mass is 16.5. The molecule has 6 rings (SSSR count). The molecule has 1 N–H and O–H groups in total. The molecule has 6 aromatic rings. The summed E-state index contributed by atoms with van der Waals surface area (Å²) < 4.78 is 15.7. The van der Waals surface area contributed by atoms with Crippen LogP contribution in [0.4, 0.5) is 0 Å². The van der Waals surface area contributed by atoms with Crippen molar-refractivity contribution in [2.24, 2.45) is 5.10 Å². The van der Waals surface area contributed by atoms with Crippen molar-refractivity contribution in [1.82, 2.24) is 14.6 Å². The summed E-state index contributed by atoms with van der Waals surface area (Å²) in [5.41, 5.74) is 7.81. The van der Waals surface area contributed by atoms with E-state index in [9.17, 15) is 4.79 Å². The van der Waals surface area contributed by atoms with Gasteiger partial charge in [-0.3, -0.25) is 4.79 Å². The number of furan rings is 1. The monoisotopic (exact) mass is 528 g/mol. The van der Waals surface area contributed by atoms with Crippen molar-refractivity contribution >= 4 is 22.9 Å². The number of carbonyl (C=O) groups is 1. The van der Waals surface area contributed by atoms with Crippen LogP contribution >= 0.6 is 0 Å². The van der Waals surface area contributed by atoms with Crippen molar-refractivity contribution < 1.29 is 13.9 Å². The quantitative estimate of drug-likeness (QED) is 0.171. The lowest BCUT2D eigenvalue weighted by Crippen LogP contribution is -2.17. The zero-order valence-electron chi connectivity index (χ0n) is 22.2. The van der Waals surface area contributed by atoms with E-state index in [-0.39, 0.29) is 12.4 Å². The van der Waals surface area contributed by atoms with E-state index in [2.05, 4.69) is 71.4 Å². The predicted molar refractivity (Wildman–Crippen MR) is 157 cm³/mol. The Bertz CT molecular complexity index is 1800. The first-order valence-electron chi connectivity index (χ1n) is 13.0. The van der Waals surface area contributed by atoms with Crippen LogP contribution in [-0.2, 0) is 6.61 Å². The minimum atomic E-state index is -0.437. The Kier molecular flexibility index (Phi) is 6.77. The third kappa shape index (κ3) is 5.17. The lowest BCUT2D eigenvalue weighted by molar-refractivity contribution is 0.0923. The molecule has 1 amide bonds. The summed E-state index contributed by atoms with van der Waals surface area (Å²) in [6.45, 7) is 4.37. The van der Waals surface area contributed by atoms with Crippen LogP contribution in [0, 0.1) is 13.8 Å². The van der Waals surface area contributed by atoms with Gasteiger partial charge < -0.3 is 18.3 Å². The van der Waals surface area contributed by atoms with Crippen molar-refractivity contribution in [2.75, 3.05) is 0 Å². The number of carbonyl (C=O) groups excluding carboxylic acids is 1. The summed E-state index contributed by atoms with van der Waals surface area (Å²) in [4.78, 5) is 12.6. The van der Waals surface area contributed by atoms with E-state index in [0.29, 0.717) is 11.5 Å². The second kappa shape index (κ2) is 10.8. The topological polar surface area (TPSA) is 73.7 Å². The van der Waals surface area contributed by atoms with Crippen molar-refractivity contribution in [3.05, 3.63) is 138 Å². The second-order valence-corrected chi connectivity index (χ2v) is 9.53. The smallest absolute Gasteiger partial charge is 0.307 e. The van der Waals surface area contributed by atoms with Crippen LogP contribution in [0.1, 0.15) is 33.4 Å². The lowest BCUT2D eigenvalue weighted by Gasteiger charge is -2.10. The molecule has 40 heavy (non-hydrogen) atoms. The standard InChI is InChI=1S/C33H28N4O3/c1-23-9-10-24(2)37(23)27-13-15-30(16-14-27)39-22-31-17-18-32(40-31)33(38)35-34-21-29-8-5-19-36(29)28-12-11-25-6-3-4-7-26(25)20-28/h3-21H,22H2,1-2H3,(H,35,38)/b34-21+. The fourth-order valence-corrected chi connectivity index (χ4v) is 4.77. The molecule has 0 aliphatic heterocycles. The zero-order valence-corrected chi connectivity index (χ0v) is 22.2. The maximum atomic E-state index is 12.6. The van der Waals surface area contributed by atoms with Crippen LogP contribution < -0.4 is 10.2 Å². The van der Waals surface area contributed by atoms with E-state index in [1.807, 2.05) is 59.3 Å². The van der Waals surface area contributed by atoms with Gasteiger partial charge in [-0.1, -0.05) is 30.3 Å². The third-order valence-corrected chi connectivity index (χ3v) is 6.79. The SMILES string of the molecule is Cc1ccc(C)n1-c1ccc(OCc2ccc(C(=O)N/N=C/c3cccn3-c3ccc4ccccc4c3)o2)cc1. The average Bonchev–Trinajstić information content (AvgIpc) is 3.72. The number of nitrogens with zero attached hydrogens (tertiary/aromatic N) is 3. The van der Waals surface area contributed by atoms with Gasteiger partial charge in [0.25, 0.3) is 0 Å². The molecular weight excluding hydrogens is 500 g/mol. The van der Waals surface area contributed by atoms with E-state index < -0.39 is 5.91 Å². The number of benzene rings is 3. The van der Waals surface area contributed by atoms with Gasteiger partial charge in [-0.2, -0.15) is 5.10 Å². The predicted octanol–water partition coefficient (Wildman–Crippen LogP) is 6.97. The van der Waals surface area contributed by atoms with Gasteiger partial charge >= 0.3 is 5.91 Å². The van der Waals surface area contributed by atoms with E-state index in [4.69, 9.17) is 9.15 Å². The first-order chi connectivity index (χ1) is 19.5. The van der Waals surface area contributed by atoms with Gasteiger partial charge in [0.05, 0.1) is 11.9 Å². The minimum Gasteiger partial charge on any atom is -0.486 e. The number of ether oxygens (including phenoxy) is 1. The molecule has 0 atom stereocenters. The van der Waals surface area contributed by atoms with Crippen molar-refractivity contribution in [1.29, 1.82) is 0 Å². The van der Waals surface area contributed by atoms with Crippen LogP contribution in [0.3, 0.4) is 0 Å². The van der Waals surface area contributed by atoms with Crippen molar-refractivity contribution in [2.45, 2.75) is 20.5 Å². The van der Waals surface area contributed by atoms with Gasteiger partial charge in [0, 0.05) is 29.0 Å². The summed E-state index contributed by atoms with van der Waals surface area (Å²) in [7, 11) is 0. The van der Waals surface area contributed by atoms with Crippen LogP contribution in [0.15, 0.2) is 119 Å². The number of fused-ring (bicyclic) bond motifs is 1. The molecule has 3 aromatic carbocycles. The number of hydrazone groups is 1. The molecule has 0 unspecified atom stereocenters.